The number of nitrogens with zero attached hydrogens (tertiary/aromatic N) is 2. The van der Waals surface area contributed by atoms with E-state index < -0.39 is 5.97 Å². The number of rotatable bonds is 5. The predicted octanol–water partition coefficient (Wildman–Crippen LogP) is 0.507. The third-order valence-electron chi connectivity index (χ3n) is 3.05. The molecule has 5 heteroatoms. The van der Waals surface area contributed by atoms with Gasteiger partial charge in [-0.3, -0.25) is 14.5 Å². The number of likely N-dealkylation sites (N-methyl/N-ethyl adjacent to an activating group) is 1. The van der Waals surface area contributed by atoms with Crippen molar-refractivity contribution in [2.45, 2.75) is 20.3 Å². The Morgan fingerprint density at radius 3 is 2.59 bits per heavy atom. The summed E-state index contributed by atoms with van der Waals surface area (Å²) in [4.78, 5) is 26.3. The summed E-state index contributed by atoms with van der Waals surface area (Å²) in [6.45, 7) is 6.43. The maximum atomic E-state index is 11.8. The molecule has 0 saturated carbocycles. The minimum absolute atomic E-state index is 0.0738. The van der Waals surface area contributed by atoms with Crippen LogP contribution in [-0.2, 0) is 9.59 Å². The van der Waals surface area contributed by atoms with Crippen LogP contribution in [0.3, 0.4) is 0 Å². The molecular formula is C12H22N2O3. The lowest BCUT2D eigenvalue weighted by Gasteiger charge is -2.22. The number of amides is 1. The molecule has 1 rings (SSSR count). The van der Waals surface area contributed by atoms with Crippen LogP contribution in [0.5, 0.6) is 0 Å². The molecule has 0 radical (unpaired) electrons. The molecule has 1 saturated heterocycles. The van der Waals surface area contributed by atoms with Gasteiger partial charge in [0.05, 0.1) is 12.5 Å². The highest BCUT2D eigenvalue weighted by Crippen LogP contribution is 2.16. The van der Waals surface area contributed by atoms with E-state index in [9.17, 15) is 9.59 Å². The smallest absolute Gasteiger partial charge is 0.307 e. The first-order chi connectivity index (χ1) is 7.90. The Labute approximate surface area is 102 Å². The van der Waals surface area contributed by atoms with E-state index in [2.05, 4.69) is 13.8 Å². The summed E-state index contributed by atoms with van der Waals surface area (Å²) in [5.74, 6) is -0.535. The van der Waals surface area contributed by atoms with Crippen molar-refractivity contribution < 1.29 is 14.7 Å². The summed E-state index contributed by atoms with van der Waals surface area (Å²) in [5.41, 5.74) is 0. The zero-order valence-corrected chi connectivity index (χ0v) is 10.8. The number of carboxylic acids is 1. The molecular weight excluding hydrogens is 220 g/mol. The summed E-state index contributed by atoms with van der Waals surface area (Å²) in [6, 6.07) is 0. The van der Waals surface area contributed by atoms with E-state index in [0.717, 1.165) is 6.54 Å². The number of carbonyl (C=O) groups is 2. The van der Waals surface area contributed by atoms with E-state index >= 15 is 0 Å². The van der Waals surface area contributed by atoms with Gasteiger partial charge in [0.15, 0.2) is 0 Å². The molecule has 1 aliphatic heterocycles. The molecule has 5 nitrogen and oxygen atoms in total. The van der Waals surface area contributed by atoms with Crippen molar-refractivity contribution in [2.24, 2.45) is 11.8 Å². The highest BCUT2D eigenvalue weighted by Gasteiger charge is 2.29. The van der Waals surface area contributed by atoms with Gasteiger partial charge in [-0.2, -0.15) is 0 Å². The van der Waals surface area contributed by atoms with E-state index in [1.54, 1.807) is 11.9 Å². The normalized spacial score (nSPS) is 20.8. The zero-order chi connectivity index (χ0) is 13.0. The fourth-order valence-electron chi connectivity index (χ4n) is 2.14. The first kappa shape index (κ1) is 14.0. The maximum absolute atomic E-state index is 11.8. The summed E-state index contributed by atoms with van der Waals surface area (Å²) in [6.07, 6.45) is 0.649. The van der Waals surface area contributed by atoms with Gasteiger partial charge in [-0.1, -0.05) is 13.8 Å². The van der Waals surface area contributed by atoms with Gasteiger partial charge < -0.3 is 10.0 Å². The average molecular weight is 242 g/mol. The van der Waals surface area contributed by atoms with E-state index in [1.807, 2.05) is 4.90 Å². The quantitative estimate of drug-likeness (QED) is 0.763. The predicted molar refractivity (Wildman–Crippen MR) is 64.7 cm³/mol. The molecule has 1 atom stereocenters. The molecule has 1 amide bonds. The van der Waals surface area contributed by atoms with Crippen molar-refractivity contribution >= 4 is 11.9 Å². The molecule has 1 aliphatic rings. The maximum Gasteiger partial charge on any atom is 0.307 e. The summed E-state index contributed by atoms with van der Waals surface area (Å²) in [5, 5.41) is 8.87. The third-order valence-corrected chi connectivity index (χ3v) is 3.05. The SMILES string of the molecule is CC(C)CN(C)C(=O)CN1CCC(C(=O)O)C1. The van der Waals surface area contributed by atoms with Crippen LogP contribution in [0, 0.1) is 11.8 Å². The summed E-state index contributed by atoms with van der Waals surface area (Å²) < 4.78 is 0. The van der Waals surface area contributed by atoms with Crippen molar-refractivity contribution in [1.29, 1.82) is 0 Å². The van der Waals surface area contributed by atoms with E-state index in [4.69, 9.17) is 5.11 Å². The first-order valence-electron chi connectivity index (χ1n) is 6.09. The fraction of sp³-hybridized carbons (Fsp3) is 0.833. The second-order valence-corrected chi connectivity index (χ2v) is 5.23. The van der Waals surface area contributed by atoms with Gasteiger partial charge in [0.25, 0.3) is 0 Å². The number of hydrogen-bond donors (Lipinski definition) is 1. The average Bonchev–Trinajstić information content (AvgIpc) is 2.65. The Morgan fingerprint density at radius 1 is 1.47 bits per heavy atom. The monoisotopic (exact) mass is 242 g/mol. The van der Waals surface area contributed by atoms with Crippen LogP contribution in [0.4, 0.5) is 0 Å². The van der Waals surface area contributed by atoms with Crippen LogP contribution in [-0.4, -0.2) is 60.0 Å². The van der Waals surface area contributed by atoms with Crippen molar-refractivity contribution in [2.75, 3.05) is 33.2 Å². The molecule has 1 fully saturated rings. The lowest BCUT2D eigenvalue weighted by molar-refractivity contribution is -0.141. The number of carbonyl (C=O) groups excluding carboxylic acids is 1. The molecule has 1 heterocycles. The highest BCUT2D eigenvalue weighted by molar-refractivity contribution is 5.78. The minimum atomic E-state index is -0.754. The Bertz CT molecular complexity index is 291. The van der Waals surface area contributed by atoms with Crippen LogP contribution in [0.2, 0.25) is 0 Å². The molecule has 1 unspecified atom stereocenters. The van der Waals surface area contributed by atoms with Crippen LogP contribution in [0.15, 0.2) is 0 Å². The number of hydrogen-bond acceptors (Lipinski definition) is 3. The molecule has 0 aliphatic carbocycles. The minimum Gasteiger partial charge on any atom is -0.481 e. The van der Waals surface area contributed by atoms with Crippen LogP contribution < -0.4 is 0 Å². The number of likely N-dealkylation sites (tertiary alicyclic amines) is 1. The number of aliphatic carboxylic acids is 1. The van der Waals surface area contributed by atoms with Gasteiger partial charge in [0.1, 0.15) is 0 Å². The van der Waals surface area contributed by atoms with Crippen LogP contribution in [0.25, 0.3) is 0 Å². The molecule has 0 spiro atoms. The second-order valence-electron chi connectivity index (χ2n) is 5.23. The van der Waals surface area contributed by atoms with E-state index in [-0.39, 0.29) is 11.8 Å². The molecule has 0 bridgehead atoms. The second kappa shape index (κ2) is 6.00. The van der Waals surface area contributed by atoms with Crippen molar-refractivity contribution in [3.63, 3.8) is 0 Å². The Hall–Kier alpha value is -1.10. The fourth-order valence-corrected chi connectivity index (χ4v) is 2.14. The zero-order valence-electron chi connectivity index (χ0n) is 10.8. The topological polar surface area (TPSA) is 60.9 Å². The van der Waals surface area contributed by atoms with E-state index in [1.165, 1.54) is 0 Å². The molecule has 0 aromatic carbocycles. The first-order valence-corrected chi connectivity index (χ1v) is 6.09. The standard InChI is InChI=1S/C12H22N2O3/c1-9(2)6-13(3)11(15)8-14-5-4-10(7-14)12(16)17/h9-10H,4-8H2,1-3H3,(H,16,17). The van der Waals surface area contributed by atoms with Crippen LogP contribution >= 0.6 is 0 Å². The van der Waals surface area contributed by atoms with Crippen LogP contribution in [0.1, 0.15) is 20.3 Å². The van der Waals surface area contributed by atoms with Gasteiger partial charge in [0, 0.05) is 20.1 Å². The van der Waals surface area contributed by atoms with E-state index in [0.29, 0.717) is 32.0 Å². The largest absolute Gasteiger partial charge is 0.481 e. The Kier molecular flexibility index (Phi) is 4.93. The molecule has 1 N–H and O–H groups in total. The van der Waals surface area contributed by atoms with Crippen molar-refractivity contribution in [3.8, 4) is 0 Å². The lowest BCUT2D eigenvalue weighted by Crippen LogP contribution is -2.39. The summed E-state index contributed by atoms with van der Waals surface area (Å²) in [7, 11) is 1.80. The van der Waals surface area contributed by atoms with Gasteiger partial charge >= 0.3 is 5.97 Å². The Balaban J connectivity index is 2.35. The third kappa shape index (κ3) is 4.34. The molecule has 17 heavy (non-hydrogen) atoms. The van der Waals surface area contributed by atoms with Gasteiger partial charge in [-0.25, -0.2) is 0 Å². The number of carboxylic acid groups (broad SMARTS) is 1. The lowest BCUT2D eigenvalue weighted by atomic mass is 10.1. The Morgan fingerprint density at radius 2 is 2.12 bits per heavy atom. The van der Waals surface area contributed by atoms with Gasteiger partial charge in [0.2, 0.25) is 5.91 Å². The van der Waals surface area contributed by atoms with Crippen molar-refractivity contribution in [3.05, 3.63) is 0 Å². The highest BCUT2D eigenvalue weighted by atomic mass is 16.4. The van der Waals surface area contributed by atoms with Gasteiger partial charge in [-0.05, 0) is 18.9 Å². The molecule has 0 aromatic heterocycles. The molecule has 98 valence electrons. The molecule has 0 aromatic rings. The van der Waals surface area contributed by atoms with Crippen molar-refractivity contribution in [1.82, 2.24) is 9.80 Å². The van der Waals surface area contributed by atoms with Gasteiger partial charge in [-0.15, -0.1) is 0 Å². The summed E-state index contributed by atoms with van der Waals surface area (Å²) >= 11 is 0.